The van der Waals surface area contributed by atoms with Gasteiger partial charge >= 0.3 is 0 Å². The number of fused-ring (bicyclic) bond motifs is 4. The number of nitrogens with zero attached hydrogens (tertiary/aromatic N) is 2. The number of nitrogens with one attached hydrogen (secondary N) is 1. The number of hydrogen-bond donors (Lipinski definition) is 1. The minimum Gasteiger partial charge on any atom is -0.493 e. The molecule has 1 saturated heterocycles. The number of methoxy groups -OCH3 is 3. The quantitative estimate of drug-likeness (QED) is 0.648. The summed E-state index contributed by atoms with van der Waals surface area (Å²) in [7, 11) is 4.68. The first kappa shape index (κ1) is 21.2. The van der Waals surface area contributed by atoms with Gasteiger partial charge in [-0.15, -0.1) is 0 Å². The highest BCUT2D eigenvalue weighted by molar-refractivity contribution is 5.97. The molecule has 2 aliphatic heterocycles. The molecule has 0 radical (unpaired) electrons. The Hall–Kier alpha value is -3.68. The molecule has 0 spiro atoms. The van der Waals surface area contributed by atoms with Crippen molar-refractivity contribution in [3.05, 3.63) is 53.2 Å². The van der Waals surface area contributed by atoms with Gasteiger partial charge in [0.25, 0.3) is 0 Å². The molecule has 3 aromatic rings. The summed E-state index contributed by atoms with van der Waals surface area (Å²) in [6.45, 7) is 2.48. The number of carbonyl (C=O) groups is 2. The molecule has 8 nitrogen and oxygen atoms in total. The number of hydrogen-bond acceptors (Lipinski definition) is 5. The fourth-order valence-corrected chi connectivity index (χ4v) is 5.20. The first-order valence-corrected chi connectivity index (χ1v) is 11.0. The van der Waals surface area contributed by atoms with Crippen LogP contribution in [0, 0.1) is 0 Å². The molecule has 1 aromatic heterocycles. The predicted octanol–water partition coefficient (Wildman–Crippen LogP) is 2.90. The van der Waals surface area contributed by atoms with Gasteiger partial charge in [-0.2, -0.15) is 0 Å². The lowest BCUT2D eigenvalue weighted by atomic mass is 9.86. The zero-order chi connectivity index (χ0) is 23.3. The lowest BCUT2D eigenvalue weighted by molar-refractivity contribution is -0.158. The standard InChI is InChI=1S/C25H27N3O5/c1-5-27-13-21(29)28-18(25(27)30)12-16-15-8-6-7-9-17(15)26-22(16)23(28)14-10-19(31-2)24(33-4)20(11-14)32-3/h6-11,18,23,26H,5,12-13H2,1-4H3/t18-,23+/m0/s1. The fourth-order valence-electron chi connectivity index (χ4n) is 5.20. The normalized spacial score (nSPS) is 20.0. The van der Waals surface area contributed by atoms with Crippen LogP contribution in [0.25, 0.3) is 10.9 Å². The maximum absolute atomic E-state index is 13.4. The zero-order valence-electron chi connectivity index (χ0n) is 19.2. The number of carbonyl (C=O) groups excluding carboxylic acids is 2. The van der Waals surface area contributed by atoms with Crippen LogP contribution in [0.2, 0.25) is 0 Å². The second-order valence-electron chi connectivity index (χ2n) is 8.30. The number of benzene rings is 2. The molecule has 2 amide bonds. The lowest BCUT2D eigenvalue weighted by Crippen LogP contribution is -2.62. The molecule has 0 unspecified atom stereocenters. The third-order valence-corrected chi connectivity index (χ3v) is 6.73. The van der Waals surface area contributed by atoms with Crippen molar-refractivity contribution < 1.29 is 23.8 Å². The average molecular weight is 450 g/mol. The Morgan fingerprint density at radius 3 is 2.36 bits per heavy atom. The van der Waals surface area contributed by atoms with Gasteiger partial charge in [0.2, 0.25) is 17.6 Å². The Balaban J connectivity index is 1.76. The molecule has 172 valence electrons. The molecule has 1 fully saturated rings. The van der Waals surface area contributed by atoms with E-state index >= 15 is 0 Å². The van der Waals surface area contributed by atoms with Crippen LogP contribution in [-0.2, 0) is 16.0 Å². The summed E-state index contributed by atoms with van der Waals surface area (Å²) in [5, 5.41) is 1.07. The summed E-state index contributed by atoms with van der Waals surface area (Å²) < 4.78 is 16.7. The van der Waals surface area contributed by atoms with Crippen LogP contribution in [0.15, 0.2) is 36.4 Å². The third kappa shape index (κ3) is 3.12. The van der Waals surface area contributed by atoms with E-state index in [9.17, 15) is 9.59 Å². The van der Waals surface area contributed by atoms with Crippen LogP contribution in [0.4, 0.5) is 0 Å². The van der Waals surface area contributed by atoms with Gasteiger partial charge in [0.1, 0.15) is 6.04 Å². The molecule has 2 atom stereocenters. The Morgan fingerprint density at radius 2 is 1.73 bits per heavy atom. The highest BCUT2D eigenvalue weighted by Gasteiger charge is 2.48. The molecule has 5 rings (SSSR count). The smallest absolute Gasteiger partial charge is 0.246 e. The van der Waals surface area contributed by atoms with Crippen molar-refractivity contribution in [1.29, 1.82) is 0 Å². The summed E-state index contributed by atoms with van der Waals surface area (Å²) in [5.41, 5.74) is 3.73. The van der Waals surface area contributed by atoms with Crippen molar-refractivity contribution in [3.8, 4) is 17.2 Å². The van der Waals surface area contributed by atoms with Crippen LogP contribution in [0.1, 0.15) is 29.8 Å². The first-order chi connectivity index (χ1) is 16.0. The van der Waals surface area contributed by atoms with Gasteiger partial charge in [0.15, 0.2) is 11.5 Å². The zero-order valence-corrected chi connectivity index (χ0v) is 19.2. The van der Waals surface area contributed by atoms with Crippen molar-refractivity contribution in [2.24, 2.45) is 0 Å². The number of aromatic nitrogens is 1. The first-order valence-electron chi connectivity index (χ1n) is 11.0. The van der Waals surface area contributed by atoms with E-state index in [1.54, 1.807) is 31.1 Å². The third-order valence-electron chi connectivity index (χ3n) is 6.73. The van der Waals surface area contributed by atoms with Crippen LogP contribution < -0.4 is 14.2 Å². The number of piperazine rings is 1. The number of H-pyrrole nitrogens is 1. The molecule has 0 bridgehead atoms. The maximum atomic E-state index is 13.4. The number of ether oxygens (including phenoxy) is 3. The van der Waals surface area contributed by atoms with Crippen molar-refractivity contribution in [2.45, 2.75) is 25.4 Å². The predicted molar refractivity (Wildman–Crippen MR) is 123 cm³/mol. The number of rotatable bonds is 5. The minimum atomic E-state index is -0.568. The molecule has 2 aromatic carbocycles. The molecule has 3 heterocycles. The van der Waals surface area contributed by atoms with Gasteiger partial charge in [0.05, 0.1) is 33.9 Å². The Labute approximate surface area is 192 Å². The Morgan fingerprint density at radius 1 is 1.03 bits per heavy atom. The molecule has 0 aliphatic carbocycles. The van der Waals surface area contributed by atoms with E-state index in [4.69, 9.17) is 14.2 Å². The van der Waals surface area contributed by atoms with Gasteiger partial charge in [-0.25, -0.2) is 0 Å². The summed E-state index contributed by atoms with van der Waals surface area (Å²) >= 11 is 0. The highest BCUT2D eigenvalue weighted by Crippen LogP contribution is 2.46. The number of amides is 2. The second kappa shape index (κ2) is 8.03. The lowest BCUT2D eigenvalue weighted by Gasteiger charge is -2.47. The molecule has 8 heteroatoms. The van der Waals surface area contributed by atoms with Crippen molar-refractivity contribution >= 4 is 22.7 Å². The van der Waals surface area contributed by atoms with Gasteiger partial charge in [-0.05, 0) is 36.2 Å². The molecule has 0 saturated carbocycles. The van der Waals surface area contributed by atoms with Crippen molar-refractivity contribution in [2.75, 3.05) is 34.4 Å². The van der Waals surface area contributed by atoms with Crippen LogP contribution >= 0.6 is 0 Å². The van der Waals surface area contributed by atoms with Crippen molar-refractivity contribution in [3.63, 3.8) is 0 Å². The summed E-state index contributed by atoms with van der Waals surface area (Å²) in [6, 6.07) is 10.7. The van der Waals surface area contributed by atoms with Gasteiger partial charge in [-0.1, -0.05) is 18.2 Å². The Kier molecular flexibility index (Phi) is 5.15. The van der Waals surface area contributed by atoms with Crippen LogP contribution in [0.3, 0.4) is 0 Å². The largest absolute Gasteiger partial charge is 0.493 e. The monoisotopic (exact) mass is 449 g/mol. The highest BCUT2D eigenvalue weighted by atomic mass is 16.5. The summed E-state index contributed by atoms with van der Waals surface area (Å²) in [5.74, 6) is 1.37. The van der Waals surface area contributed by atoms with E-state index in [1.807, 2.05) is 37.3 Å². The minimum absolute atomic E-state index is 0.0227. The fraction of sp³-hybridized carbons (Fsp3) is 0.360. The molecule has 1 N–H and O–H groups in total. The van der Waals surface area contributed by atoms with Crippen LogP contribution in [0.5, 0.6) is 17.2 Å². The number of likely N-dealkylation sites (N-methyl/N-ethyl adjacent to an activating group) is 1. The molecular weight excluding hydrogens is 422 g/mol. The van der Waals surface area contributed by atoms with Crippen molar-refractivity contribution in [1.82, 2.24) is 14.8 Å². The van der Waals surface area contributed by atoms with Crippen LogP contribution in [-0.4, -0.2) is 67.1 Å². The van der Waals surface area contributed by atoms with E-state index in [-0.39, 0.29) is 18.4 Å². The topological polar surface area (TPSA) is 84.1 Å². The number of aromatic amines is 1. The van der Waals surface area contributed by atoms with E-state index in [2.05, 4.69) is 11.1 Å². The molecule has 33 heavy (non-hydrogen) atoms. The van der Waals surface area contributed by atoms with E-state index < -0.39 is 12.1 Å². The van der Waals surface area contributed by atoms with Gasteiger partial charge in [-0.3, -0.25) is 9.59 Å². The van der Waals surface area contributed by atoms with E-state index in [0.717, 1.165) is 27.7 Å². The Bertz CT molecular complexity index is 1230. The summed E-state index contributed by atoms with van der Waals surface area (Å²) in [4.78, 5) is 33.7. The average Bonchev–Trinajstić information content (AvgIpc) is 3.22. The maximum Gasteiger partial charge on any atom is 0.246 e. The second-order valence-corrected chi connectivity index (χ2v) is 8.30. The van der Waals surface area contributed by atoms with Gasteiger partial charge < -0.3 is 29.0 Å². The van der Waals surface area contributed by atoms with E-state index in [0.29, 0.717) is 30.2 Å². The molecular formula is C25H27N3O5. The van der Waals surface area contributed by atoms with E-state index in [1.165, 1.54) is 0 Å². The van der Waals surface area contributed by atoms with Gasteiger partial charge in [0, 0.05) is 29.6 Å². The number of para-hydroxylation sites is 1. The summed E-state index contributed by atoms with van der Waals surface area (Å²) in [6.07, 6.45) is 0.474. The SMILES string of the molecule is CCN1CC(=O)N2[C@H](c3cc(OC)c(OC)c(OC)c3)c3[nH]c4ccccc4c3C[C@H]2C1=O. The molecule has 2 aliphatic rings.